The second kappa shape index (κ2) is 11.8. The number of ketones is 1. The summed E-state index contributed by atoms with van der Waals surface area (Å²) in [5.74, 6) is -0.263. The van der Waals surface area contributed by atoms with Crippen LogP contribution >= 0.6 is 11.8 Å². The van der Waals surface area contributed by atoms with Crippen LogP contribution in [0, 0.1) is 5.92 Å². The van der Waals surface area contributed by atoms with Crippen LogP contribution in [0.2, 0.25) is 0 Å². The second-order valence-corrected chi connectivity index (χ2v) is 10.2. The molecule has 1 N–H and O–H groups in total. The lowest BCUT2D eigenvalue weighted by Gasteiger charge is -2.38. The van der Waals surface area contributed by atoms with Crippen LogP contribution in [0.15, 0.2) is 40.0 Å². The minimum Gasteiger partial charge on any atom is -0.408 e. The highest BCUT2D eigenvalue weighted by Crippen LogP contribution is 2.25. The minimum atomic E-state index is -1.10. The van der Waals surface area contributed by atoms with Gasteiger partial charge in [-0.25, -0.2) is 0 Å². The Morgan fingerprint density at radius 3 is 2.67 bits per heavy atom. The number of aryl methyl sites for hydroxylation is 1. The normalized spacial score (nSPS) is 18.8. The van der Waals surface area contributed by atoms with Crippen molar-refractivity contribution in [2.75, 3.05) is 19.3 Å². The lowest BCUT2D eigenvalue weighted by atomic mass is 9.85. The first-order chi connectivity index (χ1) is 15.8. The summed E-state index contributed by atoms with van der Waals surface area (Å²) in [6.07, 6.45) is 7.21. The molecule has 1 unspecified atom stereocenters. The summed E-state index contributed by atoms with van der Waals surface area (Å²) in [6, 6.07) is 10.2. The van der Waals surface area contributed by atoms with Gasteiger partial charge in [0, 0.05) is 0 Å². The average Bonchev–Trinajstić information content (AvgIpc) is 3.28. The van der Waals surface area contributed by atoms with Gasteiger partial charge in [-0.15, -0.1) is 10.2 Å². The van der Waals surface area contributed by atoms with Gasteiger partial charge in [0.15, 0.2) is 0 Å². The molecule has 3 rings (SSSR count). The molecule has 7 nitrogen and oxygen atoms in total. The van der Waals surface area contributed by atoms with Gasteiger partial charge in [-0.05, 0) is 69.9 Å². The van der Waals surface area contributed by atoms with Gasteiger partial charge in [0.25, 0.3) is 11.1 Å². The predicted octanol–water partition coefficient (Wildman–Crippen LogP) is 4.38. The lowest BCUT2D eigenvalue weighted by Crippen LogP contribution is -2.59. The van der Waals surface area contributed by atoms with E-state index in [0.29, 0.717) is 11.6 Å². The SMILES string of the molecule is CSc1nnc(C(=O)[C@](C)(CC(C)C)NC(=O)C2CCCCN2CCCc2ccccc2)o1. The third kappa shape index (κ3) is 6.90. The topological polar surface area (TPSA) is 88.3 Å². The van der Waals surface area contributed by atoms with Gasteiger partial charge in [-0.3, -0.25) is 14.5 Å². The van der Waals surface area contributed by atoms with Crippen LogP contribution < -0.4 is 5.32 Å². The fraction of sp³-hybridized carbons (Fsp3) is 0.600. The van der Waals surface area contributed by atoms with Crippen LogP contribution in [0.5, 0.6) is 0 Å². The number of Topliss-reactive ketones (excluding diaryl/α,β-unsaturated/α-hetero) is 1. The number of benzene rings is 1. The monoisotopic (exact) mass is 472 g/mol. The van der Waals surface area contributed by atoms with E-state index >= 15 is 0 Å². The van der Waals surface area contributed by atoms with E-state index in [2.05, 4.69) is 44.7 Å². The van der Waals surface area contributed by atoms with Gasteiger partial charge in [0.05, 0.1) is 6.04 Å². The van der Waals surface area contributed by atoms with Crippen molar-refractivity contribution in [1.29, 1.82) is 0 Å². The highest BCUT2D eigenvalue weighted by Gasteiger charge is 2.41. The van der Waals surface area contributed by atoms with E-state index in [9.17, 15) is 9.59 Å². The molecule has 33 heavy (non-hydrogen) atoms. The molecular formula is C25H36N4O3S. The maximum Gasteiger partial charge on any atom is 0.287 e. The van der Waals surface area contributed by atoms with Crippen molar-refractivity contribution in [3.8, 4) is 0 Å². The lowest BCUT2D eigenvalue weighted by molar-refractivity contribution is -0.129. The van der Waals surface area contributed by atoms with E-state index in [1.54, 1.807) is 6.92 Å². The Hall–Kier alpha value is -2.19. The molecule has 0 aliphatic carbocycles. The van der Waals surface area contributed by atoms with Crippen LogP contribution in [0.25, 0.3) is 0 Å². The third-order valence-corrected chi connectivity index (χ3v) is 6.68. The fourth-order valence-electron chi connectivity index (χ4n) is 4.68. The highest BCUT2D eigenvalue weighted by molar-refractivity contribution is 7.98. The van der Waals surface area contributed by atoms with E-state index in [-0.39, 0.29) is 29.5 Å². The smallest absolute Gasteiger partial charge is 0.287 e. The Balaban J connectivity index is 1.68. The van der Waals surface area contributed by atoms with E-state index in [1.807, 2.05) is 26.2 Å². The van der Waals surface area contributed by atoms with Crippen LogP contribution in [0.4, 0.5) is 0 Å². The minimum absolute atomic E-state index is 0.0499. The van der Waals surface area contributed by atoms with Gasteiger partial charge in [-0.2, -0.15) is 0 Å². The molecule has 1 fully saturated rings. The summed E-state index contributed by atoms with van der Waals surface area (Å²) in [5.41, 5.74) is 0.218. The van der Waals surface area contributed by atoms with Crippen LogP contribution in [-0.2, 0) is 11.2 Å². The molecule has 1 aromatic heterocycles. The number of thioether (sulfide) groups is 1. The number of hydrogen-bond donors (Lipinski definition) is 1. The number of hydrogen-bond acceptors (Lipinski definition) is 7. The predicted molar refractivity (Wildman–Crippen MR) is 130 cm³/mol. The number of likely N-dealkylation sites (tertiary alicyclic amines) is 1. The zero-order valence-electron chi connectivity index (χ0n) is 20.2. The average molecular weight is 473 g/mol. The third-order valence-electron chi connectivity index (χ3n) is 6.16. The first kappa shape index (κ1) is 25.4. The van der Waals surface area contributed by atoms with Gasteiger partial charge >= 0.3 is 0 Å². The molecule has 0 radical (unpaired) electrons. The van der Waals surface area contributed by atoms with Crippen LogP contribution in [0.3, 0.4) is 0 Å². The Morgan fingerprint density at radius 2 is 2.00 bits per heavy atom. The van der Waals surface area contributed by atoms with E-state index < -0.39 is 5.54 Å². The standard InChI is InChI=1S/C25H36N4O3S/c1-18(2)17-25(3,21(30)23-27-28-24(32-23)33-4)26-22(31)20-14-8-9-15-29(20)16-10-13-19-11-6-5-7-12-19/h5-7,11-12,18,20H,8-10,13-17H2,1-4H3,(H,26,31)/t20?,25-/m0/s1. The molecule has 0 spiro atoms. The Labute approximate surface area is 201 Å². The summed E-state index contributed by atoms with van der Waals surface area (Å²) in [7, 11) is 0. The maximum atomic E-state index is 13.5. The van der Waals surface area contributed by atoms with E-state index in [1.165, 1.54) is 17.3 Å². The molecule has 8 heteroatoms. The molecule has 2 heterocycles. The first-order valence-electron chi connectivity index (χ1n) is 11.8. The second-order valence-electron chi connectivity index (χ2n) is 9.46. The van der Waals surface area contributed by atoms with Crippen molar-refractivity contribution in [3.63, 3.8) is 0 Å². The summed E-state index contributed by atoms with van der Waals surface area (Å²) in [6.45, 7) is 7.62. The summed E-state index contributed by atoms with van der Waals surface area (Å²) >= 11 is 1.29. The molecule has 1 aliphatic rings. The maximum absolute atomic E-state index is 13.5. The molecule has 1 saturated heterocycles. The van der Waals surface area contributed by atoms with Crippen molar-refractivity contribution in [1.82, 2.24) is 20.4 Å². The number of piperidine rings is 1. The van der Waals surface area contributed by atoms with Crippen molar-refractivity contribution < 1.29 is 14.0 Å². The first-order valence-corrected chi connectivity index (χ1v) is 13.1. The van der Waals surface area contributed by atoms with Gasteiger partial charge in [0.2, 0.25) is 11.7 Å². The number of amides is 1. The fourth-order valence-corrected chi connectivity index (χ4v) is 4.96. The molecule has 180 valence electrons. The molecule has 0 saturated carbocycles. The molecule has 1 aromatic carbocycles. The van der Waals surface area contributed by atoms with Crippen molar-refractivity contribution in [3.05, 3.63) is 41.8 Å². The Morgan fingerprint density at radius 1 is 1.24 bits per heavy atom. The Kier molecular flexibility index (Phi) is 9.09. The van der Waals surface area contributed by atoms with Crippen molar-refractivity contribution in [2.45, 2.75) is 76.1 Å². The molecule has 2 aromatic rings. The van der Waals surface area contributed by atoms with Crippen molar-refractivity contribution in [2.24, 2.45) is 5.92 Å². The number of aromatic nitrogens is 2. The number of carbonyl (C=O) groups excluding carboxylic acids is 2. The summed E-state index contributed by atoms with van der Waals surface area (Å²) in [4.78, 5) is 29.1. The zero-order chi connectivity index (χ0) is 23.8. The van der Waals surface area contributed by atoms with E-state index in [0.717, 1.165) is 45.2 Å². The highest BCUT2D eigenvalue weighted by atomic mass is 32.2. The zero-order valence-corrected chi connectivity index (χ0v) is 21.0. The summed E-state index contributed by atoms with van der Waals surface area (Å²) < 4.78 is 5.50. The quantitative estimate of drug-likeness (QED) is 0.383. The van der Waals surface area contributed by atoms with Crippen LogP contribution in [0.1, 0.15) is 69.1 Å². The van der Waals surface area contributed by atoms with E-state index in [4.69, 9.17) is 4.42 Å². The number of nitrogens with one attached hydrogen (secondary N) is 1. The molecule has 0 bridgehead atoms. The molecule has 1 amide bonds. The van der Waals surface area contributed by atoms with Crippen molar-refractivity contribution >= 4 is 23.5 Å². The Bertz CT molecular complexity index is 917. The van der Waals surface area contributed by atoms with Gasteiger partial charge in [0.1, 0.15) is 5.54 Å². The molecular weight excluding hydrogens is 436 g/mol. The van der Waals surface area contributed by atoms with Crippen LogP contribution in [-0.4, -0.2) is 57.7 Å². The number of nitrogens with zero attached hydrogens (tertiary/aromatic N) is 3. The summed E-state index contributed by atoms with van der Waals surface area (Å²) in [5, 5.41) is 11.2. The number of carbonyl (C=O) groups is 2. The molecule has 2 atom stereocenters. The van der Waals surface area contributed by atoms with Gasteiger partial charge in [-0.1, -0.05) is 62.4 Å². The number of rotatable bonds is 11. The largest absolute Gasteiger partial charge is 0.408 e. The molecule has 1 aliphatic heterocycles. The van der Waals surface area contributed by atoms with Gasteiger partial charge < -0.3 is 9.73 Å².